The van der Waals surface area contributed by atoms with Crippen LogP contribution < -0.4 is 5.43 Å². The number of ether oxygens (including phenoxy) is 1. The second-order valence-electron chi connectivity index (χ2n) is 3.58. The molecular formula is C13H18N2O2. The first-order valence-electron chi connectivity index (χ1n) is 5.73. The number of hydrogen-bond donors (Lipinski definition) is 1. The smallest absolute Gasteiger partial charge is 0.354 e. The van der Waals surface area contributed by atoms with Gasteiger partial charge in [0.2, 0.25) is 0 Å². The van der Waals surface area contributed by atoms with Gasteiger partial charge in [0.15, 0.2) is 0 Å². The maximum Gasteiger partial charge on any atom is 0.354 e. The van der Waals surface area contributed by atoms with Crippen molar-refractivity contribution in [2.24, 2.45) is 5.10 Å². The fraction of sp³-hybridized carbons (Fsp3) is 0.385. The minimum atomic E-state index is -0.398. The monoisotopic (exact) mass is 234 g/mol. The van der Waals surface area contributed by atoms with Crippen molar-refractivity contribution in [2.75, 3.05) is 12.0 Å². The lowest BCUT2D eigenvalue weighted by atomic mass is 10.2. The molecular weight excluding hydrogens is 216 g/mol. The highest BCUT2D eigenvalue weighted by Crippen LogP contribution is 2.09. The SMILES string of the molecule is CCOC(=O)C(C)=NNc1ccc(CC)cc1. The molecule has 1 aromatic rings. The molecule has 0 heterocycles. The van der Waals surface area contributed by atoms with Crippen molar-refractivity contribution in [3.8, 4) is 0 Å². The third kappa shape index (κ3) is 4.26. The molecule has 4 heteroatoms. The van der Waals surface area contributed by atoms with Gasteiger partial charge in [-0.2, -0.15) is 5.10 Å². The summed E-state index contributed by atoms with van der Waals surface area (Å²) < 4.78 is 4.82. The summed E-state index contributed by atoms with van der Waals surface area (Å²) in [4.78, 5) is 11.3. The molecule has 0 amide bonds. The highest BCUT2D eigenvalue weighted by atomic mass is 16.5. The van der Waals surface area contributed by atoms with Gasteiger partial charge >= 0.3 is 5.97 Å². The lowest BCUT2D eigenvalue weighted by Gasteiger charge is -2.04. The van der Waals surface area contributed by atoms with E-state index in [-0.39, 0.29) is 0 Å². The van der Waals surface area contributed by atoms with Crippen LogP contribution in [0.15, 0.2) is 29.4 Å². The van der Waals surface area contributed by atoms with Crippen molar-refractivity contribution < 1.29 is 9.53 Å². The van der Waals surface area contributed by atoms with E-state index in [0.717, 1.165) is 12.1 Å². The number of esters is 1. The average Bonchev–Trinajstić information content (AvgIpc) is 2.36. The average molecular weight is 234 g/mol. The predicted octanol–water partition coefficient (Wildman–Crippen LogP) is 2.60. The van der Waals surface area contributed by atoms with Gasteiger partial charge in [-0.05, 0) is 38.0 Å². The quantitative estimate of drug-likeness (QED) is 0.484. The molecule has 0 bridgehead atoms. The molecule has 0 spiro atoms. The number of hydrazone groups is 1. The number of benzene rings is 1. The fourth-order valence-electron chi connectivity index (χ4n) is 1.24. The van der Waals surface area contributed by atoms with E-state index >= 15 is 0 Å². The third-order valence-corrected chi connectivity index (χ3v) is 2.29. The Kier molecular flexibility index (Phi) is 5.20. The third-order valence-electron chi connectivity index (χ3n) is 2.29. The summed E-state index contributed by atoms with van der Waals surface area (Å²) in [7, 11) is 0. The first kappa shape index (κ1) is 13.2. The Hall–Kier alpha value is -1.84. The summed E-state index contributed by atoms with van der Waals surface area (Å²) in [5.74, 6) is -0.398. The Labute approximate surface area is 102 Å². The van der Waals surface area contributed by atoms with Crippen LogP contribution in [0.3, 0.4) is 0 Å². The van der Waals surface area contributed by atoms with Gasteiger partial charge in [-0.1, -0.05) is 19.1 Å². The van der Waals surface area contributed by atoms with E-state index in [0.29, 0.717) is 12.3 Å². The van der Waals surface area contributed by atoms with Crippen LogP contribution >= 0.6 is 0 Å². The summed E-state index contributed by atoms with van der Waals surface area (Å²) in [6.45, 7) is 5.84. The van der Waals surface area contributed by atoms with Crippen molar-refractivity contribution in [3.63, 3.8) is 0 Å². The molecule has 4 nitrogen and oxygen atoms in total. The van der Waals surface area contributed by atoms with Crippen LogP contribution in [0.2, 0.25) is 0 Å². The van der Waals surface area contributed by atoms with E-state index < -0.39 is 5.97 Å². The molecule has 0 fully saturated rings. The lowest BCUT2D eigenvalue weighted by Crippen LogP contribution is -2.15. The number of anilines is 1. The summed E-state index contributed by atoms with van der Waals surface area (Å²) in [5.41, 5.74) is 5.25. The molecule has 0 aliphatic heterocycles. The van der Waals surface area contributed by atoms with E-state index in [1.54, 1.807) is 13.8 Å². The van der Waals surface area contributed by atoms with Gasteiger partial charge in [-0.25, -0.2) is 4.79 Å². The van der Waals surface area contributed by atoms with E-state index in [1.165, 1.54) is 5.56 Å². The van der Waals surface area contributed by atoms with Crippen LogP contribution in [0.4, 0.5) is 5.69 Å². The number of rotatable bonds is 5. The lowest BCUT2D eigenvalue weighted by molar-refractivity contribution is -0.135. The molecule has 1 aromatic carbocycles. The van der Waals surface area contributed by atoms with E-state index in [1.807, 2.05) is 24.3 Å². The number of nitrogens with zero attached hydrogens (tertiary/aromatic N) is 1. The zero-order chi connectivity index (χ0) is 12.7. The van der Waals surface area contributed by atoms with Crippen LogP contribution in [0.5, 0.6) is 0 Å². The number of nitrogens with one attached hydrogen (secondary N) is 1. The van der Waals surface area contributed by atoms with Crippen LogP contribution in [0.25, 0.3) is 0 Å². The van der Waals surface area contributed by atoms with E-state index in [4.69, 9.17) is 4.74 Å². The molecule has 0 saturated carbocycles. The number of carbonyl (C=O) groups is 1. The predicted molar refractivity (Wildman–Crippen MR) is 69.2 cm³/mol. The Balaban J connectivity index is 2.59. The van der Waals surface area contributed by atoms with Crippen LogP contribution in [0, 0.1) is 0 Å². The maximum atomic E-state index is 11.3. The molecule has 0 aliphatic rings. The molecule has 0 saturated heterocycles. The zero-order valence-electron chi connectivity index (χ0n) is 10.5. The Morgan fingerprint density at radius 1 is 1.29 bits per heavy atom. The summed E-state index contributed by atoms with van der Waals surface area (Å²) in [6.07, 6.45) is 1.01. The van der Waals surface area contributed by atoms with Crippen molar-refractivity contribution in [2.45, 2.75) is 27.2 Å². The maximum absolute atomic E-state index is 11.3. The van der Waals surface area contributed by atoms with E-state index in [9.17, 15) is 4.79 Å². The first-order valence-corrected chi connectivity index (χ1v) is 5.73. The molecule has 0 radical (unpaired) electrons. The molecule has 1 N–H and O–H groups in total. The summed E-state index contributed by atoms with van der Waals surface area (Å²) in [6, 6.07) is 7.91. The molecule has 92 valence electrons. The van der Waals surface area contributed by atoms with Crippen molar-refractivity contribution in [1.82, 2.24) is 0 Å². The Morgan fingerprint density at radius 2 is 1.94 bits per heavy atom. The number of carbonyl (C=O) groups excluding carboxylic acids is 1. The largest absolute Gasteiger partial charge is 0.461 e. The zero-order valence-corrected chi connectivity index (χ0v) is 10.5. The molecule has 1 rings (SSSR count). The van der Waals surface area contributed by atoms with Gasteiger partial charge in [-0.3, -0.25) is 5.43 Å². The highest BCUT2D eigenvalue weighted by Gasteiger charge is 2.05. The molecule has 0 aliphatic carbocycles. The molecule has 0 aromatic heterocycles. The van der Waals surface area contributed by atoms with Gasteiger partial charge in [0.25, 0.3) is 0 Å². The van der Waals surface area contributed by atoms with Gasteiger partial charge < -0.3 is 4.74 Å². The molecule has 17 heavy (non-hydrogen) atoms. The first-order chi connectivity index (χ1) is 8.17. The van der Waals surface area contributed by atoms with Crippen molar-refractivity contribution >= 4 is 17.4 Å². The topological polar surface area (TPSA) is 50.7 Å². The van der Waals surface area contributed by atoms with Crippen LogP contribution in [0.1, 0.15) is 26.3 Å². The van der Waals surface area contributed by atoms with E-state index in [2.05, 4.69) is 17.5 Å². The number of aryl methyl sites for hydroxylation is 1. The minimum absolute atomic E-state index is 0.311. The highest BCUT2D eigenvalue weighted by molar-refractivity contribution is 6.35. The normalized spacial score (nSPS) is 11.1. The Morgan fingerprint density at radius 3 is 2.47 bits per heavy atom. The van der Waals surface area contributed by atoms with Gasteiger partial charge in [0.1, 0.15) is 5.71 Å². The second-order valence-corrected chi connectivity index (χ2v) is 3.58. The minimum Gasteiger partial charge on any atom is -0.461 e. The molecule has 0 atom stereocenters. The van der Waals surface area contributed by atoms with Gasteiger partial charge in [-0.15, -0.1) is 0 Å². The van der Waals surface area contributed by atoms with Crippen LogP contribution in [-0.4, -0.2) is 18.3 Å². The Bertz CT molecular complexity index is 396. The van der Waals surface area contributed by atoms with Crippen LogP contribution in [-0.2, 0) is 16.0 Å². The van der Waals surface area contributed by atoms with Gasteiger partial charge in [0.05, 0.1) is 12.3 Å². The van der Waals surface area contributed by atoms with Crippen molar-refractivity contribution in [1.29, 1.82) is 0 Å². The summed E-state index contributed by atoms with van der Waals surface area (Å²) >= 11 is 0. The molecule has 0 unspecified atom stereocenters. The number of hydrogen-bond acceptors (Lipinski definition) is 4. The fourth-order valence-corrected chi connectivity index (χ4v) is 1.24. The summed E-state index contributed by atoms with van der Waals surface area (Å²) in [5, 5.41) is 3.96. The second kappa shape index (κ2) is 6.68. The van der Waals surface area contributed by atoms with Gasteiger partial charge in [0, 0.05) is 0 Å². The van der Waals surface area contributed by atoms with Crippen molar-refractivity contribution in [3.05, 3.63) is 29.8 Å². The standard InChI is InChI=1S/C13H18N2O2/c1-4-11-6-8-12(9-7-11)15-14-10(3)13(16)17-5-2/h6-9,15H,4-5H2,1-3H3.